The van der Waals surface area contributed by atoms with Gasteiger partial charge in [-0.3, -0.25) is 19.7 Å². The molecule has 4 amide bonds. The zero-order valence-corrected chi connectivity index (χ0v) is 20.7. The molecule has 0 saturated carbocycles. The Morgan fingerprint density at radius 1 is 1.03 bits per heavy atom. The molecule has 1 aromatic rings. The Kier molecular flexibility index (Phi) is 5.97. The first-order valence-corrected chi connectivity index (χ1v) is 12.6. The van der Waals surface area contributed by atoms with Crippen LogP contribution in [-0.4, -0.2) is 71.4 Å². The largest absolute Gasteiger partial charge is 0.444 e. The fourth-order valence-electron chi connectivity index (χ4n) is 5.67. The Morgan fingerprint density at radius 3 is 2.40 bits per heavy atom. The highest BCUT2D eigenvalue weighted by Gasteiger charge is 2.41. The normalized spacial score (nSPS) is 23.8. The molecule has 35 heavy (non-hydrogen) atoms. The maximum atomic E-state index is 12.9. The molecule has 4 heterocycles. The highest BCUT2D eigenvalue weighted by atomic mass is 16.6. The van der Waals surface area contributed by atoms with Crippen LogP contribution in [0.25, 0.3) is 0 Å². The van der Waals surface area contributed by atoms with Crippen molar-refractivity contribution in [2.24, 2.45) is 11.8 Å². The summed E-state index contributed by atoms with van der Waals surface area (Å²) in [5, 5.41) is 2.35. The third-order valence-corrected chi connectivity index (χ3v) is 7.64. The second kappa shape index (κ2) is 8.84. The maximum Gasteiger partial charge on any atom is 0.410 e. The average molecular weight is 483 g/mol. The lowest BCUT2D eigenvalue weighted by molar-refractivity contribution is -0.136. The number of likely N-dealkylation sites (tertiary alicyclic amines) is 1. The van der Waals surface area contributed by atoms with Gasteiger partial charge in [0.1, 0.15) is 11.6 Å². The minimum absolute atomic E-state index is 0.140. The zero-order valence-electron chi connectivity index (χ0n) is 20.7. The van der Waals surface area contributed by atoms with Gasteiger partial charge in [-0.05, 0) is 75.6 Å². The van der Waals surface area contributed by atoms with Crippen molar-refractivity contribution in [3.8, 4) is 0 Å². The van der Waals surface area contributed by atoms with Crippen molar-refractivity contribution >= 4 is 29.5 Å². The number of hydrogen-bond acceptors (Lipinski definition) is 6. The molecule has 1 unspecified atom stereocenters. The van der Waals surface area contributed by atoms with Crippen LogP contribution in [0.3, 0.4) is 0 Å². The molecule has 9 heteroatoms. The summed E-state index contributed by atoms with van der Waals surface area (Å²) in [5.41, 5.74) is 2.22. The van der Waals surface area contributed by atoms with Crippen LogP contribution in [0.2, 0.25) is 0 Å². The smallest absolute Gasteiger partial charge is 0.410 e. The monoisotopic (exact) mass is 482 g/mol. The number of fused-ring (bicyclic) bond motifs is 1. The van der Waals surface area contributed by atoms with Crippen molar-refractivity contribution in [2.75, 3.05) is 31.1 Å². The van der Waals surface area contributed by atoms with E-state index < -0.39 is 11.6 Å². The number of amides is 4. The lowest BCUT2D eigenvalue weighted by Crippen LogP contribution is -2.55. The SMILES string of the molecule is CC(C)(C)OC(=O)N1CC(C2CCN(c3ccc4c(c3)CN(C3CCC(=O)NC3=O)C4=O)CC2)C1. The molecule has 3 saturated heterocycles. The second-order valence-electron chi connectivity index (χ2n) is 11.2. The molecule has 0 bridgehead atoms. The van der Waals surface area contributed by atoms with Crippen molar-refractivity contribution in [3.05, 3.63) is 29.3 Å². The van der Waals surface area contributed by atoms with Crippen molar-refractivity contribution < 1.29 is 23.9 Å². The molecule has 0 spiro atoms. The fraction of sp³-hybridized carbons (Fsp3) is 0.615. The molecule has 0 aliphatic carbocycles. The number of nitrogens with one attached hydrogen (secondary N) is 1. The molecule has 4 aliphatic heterocycles. The molecule has 9 nitrogen and oxygen atoms in total. The second-order valence-corrected chi connectivity index (χ2v) is 11.2. The number of ether oxygens (including phenoxy) is 1. The van der Waals surface area contributed by atoms with E-state index in [1.165, 1.54) is 0 Å². The molecule has 3 fully saturated rings. The van der Waals surface area contributed by atoms with Crippen molar-refractivity contribution in [1.29, 1.82) is 0 Å². The predicted molar refractivity (Wildman–Crippen MR) is 129 cm³/mol. The number of hydrogen-bond donors (Lipinski definition) is 1. The zero-order chi connectivity index (χ0) is 24.9. The number of nitrogens with zero attached hydrogens (tertiary/aromatic N) is 3. The van der Waals surface area contributed by atoms with Crippen LogP contribution < -0.4 is 10.2 Å². The van der Waals surface area contributed by atoms with Crippen LogP contribution in [0.4, 0.5) is 10.5 Å². The standard InChI is InChI=1S/C26H34N4O5/c1-26(2,3)35-25(34)29-13-18(14-29)16-8-10-28(11-9-16)19-4-5-20-17(12-19)15-30(24(20)33)21-6-7-22(31)27-23(21)32/h4-5,12,16,18,21H,6-11,13-15H2,1-3H3,(H,27,31,32). The summed E-state index contributed by atoms with van der Waals surface area (Å²) in [6.07, 6.45) is 2.56. The summed E-state index contributed by atoms with van der Waals surface area (Å²) < 4.78 is 5.47. The van der Waals surface area contributed by atoms with Gasteiger partial charge in [0, 0.05) is 50.4 Å². The van der Waals surface area contributed by atoms with E-state index in [1.807, 2.05) is 32.9 Å². The van der Waals surface area contributed by atoms with E-state index in [9.17, 15) is 19.2 Å². The van der Waals surface area contributed by atoms with Crippen LogP contribution in [0, 0.1) is 11.8 Å². The highest BCUT2D eigenvalue weighted by Crippen LogP contribution is 2.36. The third-order valence-electron chi connectivity index (χ3n) is 7.64. The van der Waals surface area contributed by atoms with Crippen molar-refractivity contribution in [1.82, 2.24) is 15.1 Å². The van der Waals surface area contributed by atoms with Crippen LogP contribution >= 0.6 is 0 Å². The number of anilines is 1. The van der Waals surface area contributed by atoms with Gasteiger partial charge in [-0.1, -0.05) is 0 Å². The van der Waals surface area contributed by atoms with Crippen LogP contribution in [0.1, 0.15) is 62.4 Å². The first-order chi connectivity index (χ1) is 16.6. The quantitative estimate of drug-likeness (QED) is 0.665. The number of imide groups is 1. The van der Waals surface area contributed by atoms with Gasteiger partial charge >= 0.3 is 6.09 Å². The van der Waals surface area contributed by atoms with E-state index >= 15 is 0 Å². The van der Waals surface area contributed by atoms with Gasteiger partial charge in [-0.15, -0.1) is 0 Å². The first-order valence-electron chi connectivity index (χ1n) is 12.6. The molecular formula is C26H34N4O5. The number of carbonyl (C=O) groups is 4. The average Bonchev–Trinajstić information content (AvgIpc) is 3.07. The van der Waals surface area contributed by atoms with Gasteiger partial charge in [0.2, 0.25) is 11.8 Å². The minimum Gasteiger partial charge on any atom is -0.444 e. The first kappa shape index (κ1) is 23.6. The topological polar surface area (TPSA) is 99.3 Å². The van der Waals surface area contributed by atoms with E-state index in [4.69, 9.17) is 4.74 Å². The summed E-state index contributed by atoms with van der Waals surface area (Å²) >= 11 is 0. The Hall–Kier alpha value is -3.10. The Morgan fingerprint density at radius 2 is 1.74 bits per heavy atom. The summed E-state index contributed by atoms with van der Waals surface area (Å²) in [6, 6.07) is 5.36. The maximum absolute atomic E-state index is 12.9. The summed E-state index contributed by atoms with van der Waals surface area (Å²) in [4.78, 5) is 54.6. The van der Waals surface area contributed by atoms with Gasteiger partial charge in [0.25, 0.3) is 5.91 Å². The molecule has 0 aromatic heterocycles. The van der Waals surface area contributed by atoms with Crippen molar-refractivity contribution in [3.63, 3.8) is 0 Å². The fourth-order valence-corrected chi connectivity index (χ4v) is 5.67. The molecule has 188 valence electrons. The van der Waals surface area contributed by atoms with Crippen LogP contribution in [0.5, 0.6) is 0 Å². The third kappa shape index (κ3) is 4.73. The minimum atomic E-state index is -0.588. The van der Waals surface area contributed by atoms with Crippen molar-refractivity contribution in [2.45, 2.75) is 64.6 Å². The lowest BCUT2D eigenvalue weighted by atomic mass is 9.79. The number of piperidine rings is 2. The Balaban J connectivity index is 1.15. The summed E-state index contributed by atoms with van der Waals surface area (Å²) in [7, 11) is 0. The molecule has 1 N–H and O–H groups in total. The van der Waals surface area contributed by atoms with Crippen LogP contribution in [0.15, 0.2) is 18.2 Å². The van der Waals surface area contributed by atoms with E-state index in [1.54, 1.807) is 9.80 Å². The Labute approximate surface area is 205 Å². The molecule has 5 rings (SSSR count). The molecule has 4 aliphatic rings. The van der Waals surface area contributed by atoms with E-state index in [0.717, 1.165) is 50.3 Å². The Bertz CT molecular complexity index is 1050. The lowest BCUT2D eigenvalue weighted by Gasteiger charge is -2.46. The number of benzene rings is 1. The number of carbonyl (C=O) groups excluding carboxylic acids is 4. The molecule has 1 aromatic carbocycles. The van der Waals surface area contributed by atoms with Gasteiger partial charge in [0.15, 0.2) is 0 Å². The van der Waals surface area contributed by atoms with Gasteiger partial charge in [-0.25, -0.2) is 4.79 Å². The molecular weight excluding hydrogens is 448 g/mol. The van der Waals surface area contributed by atoms with E-state index in [0.29, 0.717) is 30.4 Å². The summed E-state index contributed by atoms with van der Waals surface area (Å²) in [6.45, 7) is 9.49. The number of rotatable bonds is 3. The predicted octanol–water partition coefficient (Wildman–Crippen LogP) is 2.53. The molecule has 0 radical (unpaired) electrons. The van der Waals surface area contributed by atoms with Gasteiger partial charge in [-0.2, -0.15) is 0 Å². The highest BCUT2D eigenvalue weighted by molar-refractivity contribution is 6.05. The molecule has 1 atom stereocenters. The summed E-state index contributed by atoms with van der Waals surface area (Å²) in [5.74, 6) is 0.333. The van der Waals surface area contributed by atoms with Gasteiger partial charge < -0.3 is 19.4 Å². The van der Waals surface area contributed by atoms with Crippen LogP contribution in [-0.2, 0) is 20.9 Å². The van der Waals surface area contributed by atoms with E-state index in [-0.39, 0.29) is 30.2 Å². The van der Waals surface area contributed by atoms with E-state index in [2.05, 4.69) is 16.3 Å². The van der Waals surface area contributed by atoms with Gasteiger partial charge in [0.05, 0.1) is 0 Å².